The summed E-state index contributed by atoms with van der Waals surface area (Å²) in [6.45, 7) is 4.41. The zero-order chi connectivity index (χ0) is 23.8. The average molecular weight is 454 g/mol. The van der Waals surface area contributed by atoms with E-state index in [4.69, 9.17) is 9.47 Å². The van der Waals surface area contributed by atoms with Gasteiger partial charge in [-0.2, -0.15) is 0 Å². The molecule has 2 unspecified atom stereocenters. The maximum absolute atomic E-state index is 13.1. The third-order valence-corrected chi connectivity index (χ3v) is 5.47. The number of aliphatic hydroxyl groups is 1. The van der Waals surface area contributed by atoms with Crippen LogP contribution in [-0.2, 0) is 9.53 Å². The maximum Gasteiger partial charge on any atom is 0.338 e. The zero-order valence-electron chi connectivity index (χ0n) is 19.2. The van der Waals surface area contributed by atoms with Crippen molar-refractivity contribution in [2.45, 2.75) is 32.4 Å². The fraction of sp³-hybridized carbons (Fsp3) is 0.360. The summed E-state index contributed by atoms with van der Waals surface area (Å²) in [6, 6.07) is 15.6. The van der Waals surface area contributed by atoms with Crippen molar-refractivity contribution in [2.24, 2.45) is 0 Å². The van der Waals surface area contributed by atoms with Gasteiger partial charge in [0.2, 0.25) is 0 Å². The van der Waals surface area contributed by atoms with Crippen molar-refractivity contribution in [3.8, 4) is 5.75 Å². The molecule has 0 bridgehead atoms. The highest BCUT2D eigenvalue weighted by molar-refractivity contribution is 5.95. The summed E-state index contributed by atoms with van der Waals surface area (Å²) >= 11 is 0. The lowest BCUT2D eigenvalue weighted by atomic mass is 9.94. The van der Waals surface area contributed by atoms with Gasteiger partial charge in [0, 0.05) is 12.2 Å². The van der Waals surface area contributed by atoms with Gasteiger partial charge in [-0.05, 0) is 43.2 Å². The summed E-state index contributed by atoms with van der Waals surface area (Å²) in [6.07, 6.45) is 0.0156. The van der Waals surface area contributed by atoms with Crippen LogP contribution in [0.15, 0.2) is 65.9 Å². The lowest BCUT2D eigenvalue weighted by Crippen LogP contribution is -2.49. The average Bonchev–Trinajstić information content (AvgIpc) is 2.83. The Kier molecular flexibility index (Phi) is 8.32. The largest absolute Gasteiger partial charge is 0.497 e. The number of carbonyl (C=O) groups excluding carboxylic acids is 2. The summed E-state index contributed by atoms with van der Waals surface area (Å²) in [7, 11) is 1.58. The molecule has 1 heterocycles. The molecule has 0 saturated heterocycles. The molecule has 2 aromatic rings. The first-order valence-electron chi connectivity index (χ1n) is 11.1. The number of anilines is 1. The van der Waals surface area contributed by atoms with E-state index in [9.17, 15) is 14.7 Å². The first kappa shape index (κ1) is 24.1. The molecule has 0 fully saturated rings. The number of nitrogens with zero attached hydrogens (tertiary/aromatic N) is 1. The highest BCUT2D eigenvalue weighted by Crippen LogP contribution is 2.30. The molecule has 8 nitrogen and oxygen atoms in total. The van der Waals surface area contributed by atoms with Crippen molar-refractivity contribution in [2.75, 3.05) is 31.7 Å². The predicted molar refractivity (Wildman–Crippen MR) is 126 cm³/mol. The predicted octanol–water partition coefficient (Wildman–Crippen LogP) is 3.14. The van der Waals surface area contributed by atoms with Crippen LogP contribution in [-0.4, -0.2) is 50.0 Å². The van der Waals surface area contributed by atoms with Crippen LogP contribution in [0.25, 0.3) is 0 Å². The van der Waals surface area contributed by atoms with E-state index in [1.54, 1.807) is 26.2 Å². The minimum Gasteiger partial charge on any atom is -0.497 e. The second-order valence-corrected chi connectivity index (χ2v) is 7.70. The molecule has 33 heavy (non-hydrogen) atoms. The normalized spacial score (nSPS) is 16.5. The number of hydrogen-bond donors (Lipinski definition) is 3. The van der Waals surface area contributed by atoms with E-state index in [1.165, 1.54) is 0 Å². The van der Waals surface area contributed by atoms with Gasteiger partial charge in [-0.25, -0.2) is 9.59 Å². The number of para-hydroxylation sites is 1. The van der Waals surface area contributed by atoms with Gasteiger partial charge in [0.15, 0.2) is 0 Å². The second kappa shape index (κ2) is 11.4. The first-order valence-corrected chi connectivity index (χ1v) is 11.1. The zero-order valence-corrected chi connectivity index (χ0v) is 19.2. The fourth-order valence-corrected chi connectivity index (χ4v) is 3.71. The lowest BCUT2D eigenvalue weighted by Gasteiger charge is -2.33. The van der Waals surface area contributed by atoms with Crippen molar-refractivity contribution < 1.29 is 24.2 Å². The van der Waals surface area contributed by atoms with Crippen molar-refractivity contribution in [3.05, 3.63) is 71.4 Å². The van der Waals surface area contributed by atoms with Crippen molar-refractivity contribution in [3.63, 3.8) is 0 Å². The summed E-state index contributed by atoms with van der Waals surface area (Å²) in [5, 5.41) is 16.0. The van der Waals surface area contributed by atoms with Crippen LogP contribution in [0.4, 0.5) is 10.5 Å². The first-order chi connectivity index (χ1) is 16.0. The monoisotopic (exact) mass is 453 g/mol. The Hall–Kier alpha value is -3.52. The molecule has 0 radical (unpaired) electrons. The quantitative estimate of drug-likeness (QED) is 0.478. The minimum atomic E-state index is -0.688. The van der Waals surface area contributed by atoms with Gasteiger partial charge < -0.3 is 30.1 Å². The van der Waals surface area contributed by atoms with E-state index in [0.717, 1.165) is 11.3 Å². The molecule has 0 saturated carbocycles. The Balaban J connectivity index is 2.05. The Morgan fingerprint density at radius 2 is 1.82 bits per heavy atom. The Morgan fingerprint density at radius 1 is 1.12 bits per heavy atom. The standard InChI is InChI=1S/C25H31N3O5/c1-4-19(29)15-28(18-9-7-6-8-10-18)16-21-22(24(30)33-5-2)23(27-25(31)26-21)17-11-13-20(32-3)14-12-17/h6-14,19,23,29H,4-5,15-16H2,1-3H3,(H2,26,27,31). The molecule has 1 aliphatic heterocycles. The summed E-state index contributed by atoms with van der Waals surface area (Å²) in [5.41, 5.74) is 2.36. The van der Waals surface area contributed by atoms with Gasteiger partial charge in [0.1, 0.15) is 5.75 Å². The van der Waals surface area contributed by atoms with E-state index in [1.807, 2.05) is 54.3 Å². The molecule has 176 valence electrons. The summed E-state index contributed by atoms with van der Waals surface area (Å²) < 4.78 is 10.6. The second-order valence-electron chi connectivity index (χ2n) is 7.70. The summed E-state index contributed by atoms with van der Waals surface area (Å²) in [4.78, 5) is 27.6. The molecule has 2 aromatic carbocycles. The van der Waals surface area contributed by atoms with Gasteiger partial charge in [0.05, 0.1) is 43.7 Å². The molecule has 3 rings (SSSR count). The minimum absolute atomic E-state index is 0.204. The Bertz CT molecular complexity index is 975. The van der Waals surface area contributed by atoms with Crippen LogP contribution in [0.1, 0.15) is 31.9 Å². The number of benzene rings is 2. The number of nitrogens with one attached hydrogen (secondary N) is 2. The number of methoxy groups -OCH3 is 1. The lowest BCUT2D eigenvalue weighted by molar-refractivity contribution is -0.139. The van der Waals surface area contributed by atoms with Gasteiger partial charge in [-0.3, -0.25) is 0 Å². The van der Waals surface area contributed by atoms with Gasteiger partial charge >= 0.3 is 12.0 Å². The smallest absolute Gasteiger partial charge is 0.338 e. The maximum atomic E-state index is 13.1. The van der Waals surface area contributed by atoms with Crippen molar-refractivity contribution in [1.82, 2.24) is 10.6 Å². The van der Waals surface area contributed by atoms with Crippen LogP contribution in [0.2, 0.25) is 0 Å². The summed E-state index contributed by atoms with van der Waals surface area (Å²) in [5.74, 6) is 0.162. The number of carbonyl (C=O) groups is 2. The van der Waals surface area contributed by atoms with Crippen molar-refractivity contribution in [1.29, 1.82) is 0 Å². The fourth-order valence-electron chi connectivity index (χ4n) is 3.71. The van der Waals surface area contributed by atoms with Gasteiger partial charge in [0.25, 0.3) is 0 Å². The molecule has 2 atom stereocenters. The molecule has 2 amide bonds. The van der Waals surface area contributed by atoms with E-state index >= 15 is 0 Å². The third-order valence-electron chi connectivity index (χ3n) is 5.47. The molecule has 0 aliphatic carbocycles. The molecular formula is C25H31N3O5. The highest BCUT2D eigenvalue weighted by Gasteiger charge is 2.34. The number of amides is 2. The number of rotatable bonds is 10. The molecule has 1 aliphatic rings. The molecule has 0 aromatic heterocycles. The Labute approximate surface area is 194 Å². The topological polar surface area (TPSA) is 100 Å². The van der Waals surface area contributed by atoms with Crippen LogP contribution < -0.4 is 20.3 Å². The number of urea groups is 1. The molecular weight excluding hydrogens is 422 g/mol. The van der Waals surface area contributed by atoms with Crippen LogP contribution in [0.5, 0.6) is 5.75 Å². The van der Waals surface area contributed by atoms with Crippen LogP contribution >= 0.6 is 0 Å². The highest BCUT2D eigenvalue weighted by atomic mass is 16.5. The molecule has 8 heteroatoms. The van der Waals surface area contributed by atoms with Crippen molar-refractivity contribution >= 4 is 17.7 Å². The SMILES string of the molecule is CCOC(=O)C1=C(CN(CC(O)CC)c2ccccc2)NC(=O)NC1c1ccc(OC)cc1. The number of hydrogen-bond acceptors (Lipinski definition) is 6. The van der Waals surface area contributed by atoms with E-state index in [2.05, 4.69) is 10.6 Å². The van der Waals surface area contributed by atoms with E-state index in [0.29, 0.717) is 30.0 Å². The van der Waals surface area contributed by atoms with Gasteiger partial charge in [-0.15, -0.1) is 0 Å². The van der Waals surface area contributed by atoms with Crippen LogP contribution in [0.3, 0.4) is 0 Å². The third kappa shape index (κ3) is 6.04. The molecule has 0 spiro atoms. The molecule has 3 N–H and O–H groups in total. The number of esters is 1. The van der Waals surface area contributed by atoms with E-state index in [-0.39, 0.29) is 13.2 Å². The van der Waals surface area contributed by atoms with Crippen LogP contribution in [0, 0.1) is 0 Å². The Morgan fingerprint density at radius 3 is 2.42 bits per heavy atom. The van der Waals surface area contributed by atoms with Gasteiger partial charge in [-0.1, -0.05) is 37.3 Å². The number of ether oxygens (including phenoxy) is 2. The number of aliphatic hydroxyl groups excluding tert-OH is 1. The van der Waals surface area contributed by atoms with E-state index < -0.39 is 24.1 Å².